The number of benzene rings is 2. The van der Waals surface area contributed by atoms with Gasteiger partial charge in [0, 0.05) is 5.56 Å². The first kappa shape index (κ1) is 20.7. The Bertz CT molecular complexity index is 919. The van der Waals surface area contributed by atoms with Crippen molar-refractivity contribution < 1.29 is 22.7 Å². The molecule has 154 valence electrons. The van der Waals surface area contributed by atoms with Gasteiger partial charge in [0.05, 0.1) is 11.2 Å². The predicted octanol–water partition coefficient (Wildman–Crippen LogP) is 5.11. The molecule has 29 heavy (non-hydrogen) atoms. The number of nitrogens with one attached hydrogen (secondary N) is 1. The third-order valence-electron chi connectivity index (χ3n) is 4.22. The number of ether oxygens (including phenoxy) is 1. The number of hydrogen-bond acceptors (Lipinski definition) is 3. The van der Waals surface area contributed by atoms with Gasteiger partial charge in [-0.25, -0.2) is 14.7 Å². The minimum Gasteiger partial charge on any atom is -0.423 e. The topological polar surface area (TPSA) is 53.9 Å². The third kappa shape index (κ3) is 4.06. The van der Waals surface area contributed by atoms with Crippen molar-refractivity contribution in [2.75, 3.05) is 4.90 Å². The summed E-state index contributed by atoms with van der Waals surface area (Å²) in [4.78, 5) is 18.2. The maximum Gasteiger partial charge on any atom is 0.453 e. The zero-order valence-corrected chi connectivity index (χ0v) is 16.5. The summed E-state index contributed by atoms with van der Waals surface area (Å²) < 4.78 is 48.3. The van der Waals surface area contributed by atoms with Crippen LogP contribution < -0.4 is 10.2 Å². The number of aliphatic imine (C=N–C) groups is 1. The molecule has 2 aromatic rings. The van der Waals surface area contributed by atoms with Crippen LogP contribution in [0.5, 0.6) is 0 Å². The number of alkyl halides is 3. The van der Waals surface area contributed by atoms with Crippen molar-refractivity contribution in [1.82, 2.24) is 5.32 Å². The number of amidine groups is 1. The van der Waals surface area contributed by atoms with Gasteiger partial charge in [-0.1, -0.05) is 48.0 Å². The Morgan fingerprint density at radius 2 is 1.59 bits per heavy atom. The second kappa shape index (κ2) is 7.09. The molecule has 2 aromatic carbocycles. The molecule has 5 nitrogen and oxygen atoms in total. The van der Waals surface area contributed by atoms with Gasteiger partial charge in [-0.3, -0.25) is 5.32 Å². The molecule has 1 unspecified atom stereocenters. The van der Waals surface area contributed by atoms with Crippen molar-refractivity contribution in [3.8, 4) is 0 Å². The van der Waals surface area contributed by atoms with Crippen LogP contribution >= 0.6 is 0 Å². The first-order valence-electron chi connectivity index (χ1n) is 9.03. The summed E-state index contributed by atoms with van der Waals surface area (Å²) in [6.07, 6.45) is -4.93. The number of amides is 2. The lowest BCUT2D eigenvalue weighted by Gasteiger charge is -2.44. The largest absolute Gasteiger partial charge is 0.453 e. The van der Waals surface area contributed by atoms with E-state index < -0.39 is 29.5 Å². The van der Waals surface area contributed by atoms with Crippen LogP contribution in [0.3, 0.4) is 0 Å². The van der Waals surface area contributed by atoms with E-state index in [0.29, 0.717) is 5.69 Å². The summed E-state index contributed by atoms with van der Waals surface area (Å²) in [6.45, 7) is 6.88. The van der Waals surface area contributed by atoms with Crippen LogP contribution in [0.1, 0.15) is 31.9 Å². The summed E-state index contributed by atoms with van der Waals surface area (Å²) in [6, 6.07) is 12.5. The molecule has 0 aliphatic carbocycles. The summed E-state index contributed by atoms with van der Waals surface area (Å²) in [5, 5.41) is 2.03. The average molecular weight is 405 g/mol. The summed E-state index contributed by atoms with van der Waals surface area (Å²) in [5.74, 6) is 0. The smallest absolute Gasteiger partial charge is 0.423 e. The minimum atomic E-state index is -4.93. The number of hydrogen-bond donors (Lipinski definition) is 1. The predicted molar refractivity (Wildman–Crippen MR) is 105 cm³/mol. The van der Waals surface area contributed by atoms with Crippen molar-refractivity contribution in [3.05, 3.63) is 65.7 Å². The van der Waals surface area contributed by atoms with Gasteiger partial charge in [-0.15, -0.1) is 0 Å². The van der Waals surface area contributed by atoms with Crippen LogP contribution in [0.25, 0.3) is 0 Å². The molecule has 1 saturated heterocycles. The Kier molecular flexibility index (Phi) is 5.06. The van der Waals surface area contributed by atoms with Crippen LogP contribution in [-0.2, 0) is 10.5 Å². The number of para-hydroxylation sites is 1. The van der Waals surface area contributed by atoms with Gasteiger partial charge >= 0.3 is 24.0 Å². The van der Waals surface area contributed by atoms with E-state index in [9.17, 15) is 18.0 Å². The second-order valence-electron chi connectivity index (χ2n) is 7.81. The van der Waals surface area contributed by atoms with E-state index >= 15 is 0 Å². The molecule has 0 bridgehead atoms. The number of carbonyl (C=O) groups is 1. The fourth-order valence-electron chi connectivity index (χ4n) is 2.88. The molecule has 0 saturated carbocycles. The number of halogens is 3. The molecular weight excluding hydrogens is 383 g/mol. The Balaban J connectivity index is 2.19. The zero-order chi connectivity index (χ0) is 21.4. The van der Waals surface area contributed by atoms with Gasteiger partial charge < -0.3 is 4.74 Å². The Labute approximate surface area is 167 Å². The molecular formula is C21H22F3N3O2. The van der Waals surface area contributed by atoms with Crippen LogP contribution in [0.2, 0.25) is 0 Å². The number of rotatable bonds is 2. The Hall–Kier alpha value is -3.03. The quantitative estimate of drug-likeness (QED) is 0.755. The molecule has 8 heteroatoms. The van der Waals surface area contributed by atoms with E-state index in [4.69, 9.17) is 4.74 Å². The van der Waals surface area contributed by atoms with Gasteiger partial charge in [0.15, 0.2) is 0 Å². The Morgan fingerprint density at radius 1 is 1.00 bits per heavy atom. The fraction of sp³-hybridized carbons (Fsp3) is 0.333. The van der Waals surface area contributed by atoms with E-state index in [-0.39, 0.29) is 5.56 Å². The van der Waals surface area contributed by atoms with Gasteiger partial charge in [0.25, 0.3) is 0 Å². The highest BCUT2D eigenvalue weighted by molar-refractivity contribution is 6.15. The van der Waals surface area contributed by atoms with E-state index in [1.807, 2.05) is 5.32 Å². The lowest BCUT2D eigenvalue weighted by molar-refractivity contribution is -0.270. The normalized spacial score (nSPS) is 21.7. The van der Waals surface area contributed by atoms with E-state index in [1.54, 1.807) is 58.0 Å². The maximum atomic E-state index is 14.3. The maximum absolute atomic E-state index is 14.3. The molecule has 1 heterocycles. The van der Waals surface area contributed by atoms with Crippen molar-refractivity contribution in [3.63, 3.8) is 0 Å². The van der Waals surface area contributed by atoms with Gasteiger partial charge in [0.1, 0.15) is 0 Å². The van der Waals surface area contributed by atoms with Crippen molar-refractivity contribution >= 4 is 17.7 Å². The molecule has 1 atom stereocenters. The van der Waals surface area contributed by atoms with Gasteiger partial charge in [-0.2, -0.15) is 13.2 Å². The SMILES string of the molecule is Cc1ccc(C2(C(F)(F)F)NC(=O)N(c3ccccc3)C(=NC(C)(C)C)O2)cc1. The van der Waals surface area contributed by atoms with Gasteiger partial charge in [0.2, 0.25) is 0 Å². The molecule has 1 fully saturated rings. The van der Waals surface area contributed by atoms with Crippen molar-refractivity contribution in [2.24, 2.45) is 4.99 Å². The molecule has 2 amide bonds. The third-order valence-corrected chi connectivity index (χ3v) is 4.22. The number of urea groups is 1. The molecule has 1 N–H and O–H groups in total. The van der Waals surface area contributed by atoms with E-state index in [1.165, 1.54) is 24.3 Å². The average Bonchev–Trinajstić information content (AvgIpc) is 2.60. The van der Waals surface area contributed by atoms with E-state index in [0.717, 1.165) is 10.5 Å². The van der Waals surface area contributed by atoms with Crippen LogP contribution in [0.15, 0.2) is 59.6 Å². The van der Waals surface area contributed by atoms with Crippen LogP contribution in [0.4, 0.5) is 23.7 Å². The number of nitrogens with zero attached hydrogens (tertiary/aromatic N) is 2. The molecule has 0 radical (unpaired) electrons. The summed E-state index contributed by atoms with van der Waals surface area (Å²) in [7, 11) is 0. The number of carbonyl (C=O) groups excluding carboxylic acids is 1. The molecule has 0 aromatic heterocycles. The first-order valence-corrected chi connectivity index (χ1v) is 9.03. The molecule has 1 aliphatic rings. The second-order valence-corrected chi connectivity index (χ2v) is 7.81. The highest BCUT2D eigenvalue weighted by Crippen LogP contribution is 2.43. The van der Waals surface area contributed by atoms with Crippen LogP contribution in [-0.4, -0.2) is 23.8 Å². The highest BCUT2D eigenvalue weighted by Gasteiger charge is 2.64. The van der Waals surface area contributed by atoms with Crippen molar-refractivity contribution in [1.29, 1.82) is 0 Å². The molecule has 1 aliphatic heterocycles. The zero-order valence-electron chi connectivity index (χ0n) is 16.5. The molecule has 0 spiro atoms. The summed E-state index contributed by atoms with van der Waals surface area (Å²) in [5.41, 5.74) is -2.95. The summed E-state index contributed by atoms with van der Waals surface area (Å²) >= 11 is 0. The lowest BCUT2D eigenvalue weighted by atomic mass is 10.00. The Morgan fingerprint density at radius 3 is 2.10 bits per heavy atom. The first-order chi connectivity index (χ1) is 13.4. The highest BCUT2D eigenvalue weighted by atomic mass is 19.4. The minimum absolute atomic E-state index is 0.238. The number of anilines is 1. The van der Waals surface area contributed by atoms with Gasteiger partial charge in [-0.05, 0) is 39.8 Å². The standard InChI is InChI=1S/C21H22F3N3O2/c1-14-10-12-15(13-11-14)20(21(22,23)24)25-17(28)27(16-8-6-5-7-9-16)18(29-20)26-19(2,3)4/h5-13H,1-4H3,(H,25,28). The fourth-order valence-corrected chi connectivity index (χ4v) is 2.88. The van der Waals surface area contributed by atoms with Crippen LogP contribution in [0, 0.1) is 6.92 Å². The monoisotopic (exact) mass is 405 g/mol. The number of aryl methyl sites for hydroxylation is 1. The molecule has 3 rings (SSSR count). The van der Waals surface area contributed by atoms with Crippen molar-refractivity contribution in [2.45, 2.75) is 45.1 Å². The van der Waals surface area contributed by atoms with E-state index in [2.05, 4.69) is 4.99 Å². The lowest BCUT2D eigenvalue weighted by Crippen LogP contribution is -2.68.